The summed E-state index contributed by atoms with van der Waals surface area (Å²) < 4.78 is 5.29. The number of ether oxygens (including phenoxy) is 1. The lowest BCUT2D eigenvalue weighted by atomic mass is 10.1. The number of hydrogen-bond donors (Lipinski definition) is 1. The van der Waals surface area contributed by atoms with Crippen LogP contribution in [0.1, 0.15) is 36.0 Å². The molecule has 2 aliphatic rings. The molecule has 0 spiro atoms. The van der Waals surface area contributed by atoms with E-state index in [4.69, 9.17) is 10.5 Å². The summed E-state index contributed by atoms with van der Waals surface area (Å²) in [5, 5.41) is 0. The number of nitrogens with zero attached hydrogens (tertiary/aromatic N) is 1. The van der Waals surface area contributed by atoms with Gasteiger partial charge in [-0.05, 0) is 43.7 Å². The third-order valence-electron chi connectivity index (χ3n) is 3.89. The monoisotopic (exact) mass is 260 g/mol. The Morgan fingerprint density at radius 1 is 1.37 bits per heavy atom. The number of amides is 1. The largest absolute Gasteiger partial charge is 0.496 e. The zero-order chi connectivity index (χ0) is 13.4. The van der Waals surface area contributed by atoms with Gasteiger partial charge in [0.2, 0.25) is 0 Å². The van der Waals surface area contributed by atoms with Crippen LogP contribution in [0.3, 0.4) is 0 Å². The molecule has 3 rings (SSSR count). The molecule has 2 fully saturated rings. The molecule has 0 unspecified atom stereocenters. The normalized spacial score (nSPS) is 18.2. The number of nitrogens with two attached hydrogens (primary N) is 1. The Morgan fingerprint density at radius 2 is 2.11 bits per heavy atom. The minimum absolute atomic E-state index is 0.0318. The summed E-state index contributed by atoms with van der Waals surface area (Å²) in [5.41, 5.74) is 7.01. The molecular formula is C15H20N2O2. The van der Waals surface area contributed by atoms with Gasteiger partial charge in [0.15, 0.2) is 0 Å². The predicted octanol–water partition coefficient (Wildman–Crippen LogP) is 2.29. The van der Waals surface area contributed by atoms with Crippen LogP contribution >= 0.6 is 0 Å². The first-order valence-electron chi connectivity index (χ1n) is 6.94. The lowest BCUT2D eigenvalue weighted by molar-refractivity contribution is 0.0732. The quantitative estimate of drug-likeness (QED) is 0.826. The number of anilines is 1. The molecule has 0 radical (unpaired) electrons. The van der Waals surface area contributed by atoms with Gasteiger partial charge in [-0.25, -0.2) is 0 Å². The van der Waals surface area contributed by atoms with Gasteiger partial charge in [0.25, 0.3) is 5.91 Å². The van der Waals surface area contributed by atoms with Crippen LogP contribution in [0.2, 0.25) is 0 Å². The van der Waals surface area contributed by atoms with Crippen molar-refractivity contribution in [2.45, 2.75) is 31.7 Å². The van der Waals surface area contributed by atoms with E-state index in [-0.39, 0.29) is 5.91 Å². The van der Waals surface area contributed by atoms with Gasteiger partial charge in [0, 0.05) is 18.3 Å². The van der Waals surface area contributed by atoms with Crippen molar-refractivity contribution in [1.29, 1.82) is 0 Å². The van der Waals surface area contributed by atoms with Gasteiger partial charge < -0.3 is 15.4 Å². The topological polar surface area (TPSA) is 55.6 Å². The molecule has 0 aromatic heterocycles. The summed E-state index contributed by atoms with van der Waals surface area (Å²) in [6, 6.07) is 5.79. The maximum absolute atomic E-state index is 12.8. The molecular weight excluding hydrogens is 240 g/mol. The zero-order valence-electron chi connectivity index (χ0n) is 11.3. The molecule has 4 nitrogen and oxygen atoms in total. The van der Waals surface area contributed by atoms with E-state index < -0.39 is 0 Å². The molecule has 2 aliphatic carbocycles. The Morgan fingerprint density at radius 3 is 2.68 bits per heavy atom. The summed E-state index contributed by atoms with van der Waals surface area (Å²) >= 11 is 0. The van der Waals surface area contributed by atoms with Crippen LogP contribution in [0.5, 0.6) is 5.75 Å². The number of methoxy groups -OCH3 is 1. The third kappa shape index (κ3) is 2.53. The number of rotatable bonds is 5. The van der Waals surface area contributed by atoms with Crippen molar-refractivity contribution in [2.75, 3.05) is 19.4 Å². The highest BCUT2D eigenvalue weighted by atomic mass is 16.5. The number of benzene rings is 1. The minimum atomic E-state index is 0.0318. The van der Waals surface area contributed by atoms with Crippen LogP contribution in [0.25, 0.3) is 0 Å². The molecule has 19 heavy (non-hydrogen) atoms. The Bertz CT molecular complexity index is 493. The smallest absolute Gasteiger partial charge is 0.259 e. The van der Waals surface area contributed by atoms with Crippen LogP contribution < -0.4 is 10.5 Å². The van der Waals surface area contributed by atoms with Crippen LogP contribution in [-0.2, 0) is 0 Å². The fourth-order valence-electron chi connectivity index (χ4n) is 2.45. The molecule has 2 N–H and O–H groups in total. The lowest BCUT2D eigenvalue weighted by Crippen LogP contribution is -2.35. The first kappa shape index (κ1) is 12.3. The molecule has 1 aromatic rings. The van der Waals surface area contributed by atoms with Crippen molar-refractivity contribution in [3.8, 4) is 5.75 Å². The Kier molecular flexibility index (Phi) is 3.09. The highest BCUT2D eigenvalue weighted by molar-refractivity contribution is 6.02. The first-order chi connectivity index (χ1) is 9.20. The van der Waals surface area contributed by atoms with E-state index in [1.807, 2.05) is 11.0 Å². The second kappa shape index (κ2) is 4.76. The molecule has 2 saturated carbocycles. The maximum Gasteiger partial charge on any atom is 0.259 e. The average molecular weight is 260 g/mol. The van der Waals surface area contributed by atoms with Crippen molar-refractivity contribution in [1.82, 2.24) is 4.90 Å². The average Bonchev–Trinajstić information content (AvgIpc) is 3.27. The Hall–Kier alpha value is -1.71. The van der Waals surface area contributed by atoms with Crippen molar-refractivity contribution >= 4 is 11.6 Å². The van der Waals surface area contributed by atoms with Gasteiger partial charge in [-0.3, -0.25) is 4.79 Å². The predicted molar refractivity (Wildman–Crippen MR) is 74.2 cm³/mol. The summed E-state index contributed by atoms with van der Waals surface area (Å²) in [5.74, 6) is 1.30. The molecule has 1 amide bonds. The summed E-state index contributed by atoms with van der Waals surface area (Å²) in [6.45, 7) is 0.876. The fourth-order valence-corrected chi connectivity index (χ4v) is 2.45. The van der Waals surface area contributed by atoms with E-state index in [0.29, 0.717) is 29.0 Å². The summed E-state index contributed by atoms with van der Waals surface area (Å²) in [7, 11) is 1.58. The van der Waals surface area contributed by atoms with Gasteiger partial charge in [-0.15, -0.1) is 0 Å². The molecule has 4 heteroatoms. The van der Waals surface area contributed by atoms with E-state index in [0.717, 1.165) is 19.4 Å². The fraction of sp³-hybridized carbons (Fsp3) is 0.533. The minimum Gasteiger partial charge on any atom is -0.496 e. The van der Waals surface area contributed by atoms with Crippen molar-refractivity contribution in [3.63, 3.8) is 0 Å². The van der Waals surface area contributed by atoms with Crippen LogP contribution in [0.15, 0.2) is 18.2 Å². The number of carbonyl (C=O) groups is 1. The number of hydrogen-bond acceptors (Lipinski definition) is 3. The third-order valence-corrected chi connectivity index (χ3v) is 3.89. The van der Waals surface area contributed by atoms with Gasteiger partial charge in [0.1, 0.15) is 11.3 Å². The van der Waals surface area contributed by atoms with E-state index in [9.17, 15) is 4.79 Å². The van der Waals surface area contributed by atoms with Crippen LogP contribution in [-0.4, -0.2) is 30.5 Å². The molecule has 0 heterocycles. The Balaban J connectivity index is 1.88. The number of carbonyl (C=O) groups excluding carboxylic acids is 1. The second-order valence-corrected chi connectivity index (χ2v) is 5.56. The van der Waals surface area contributed by atoms with Gasteiger partial charge in [0.05, 0.1) is 7.11 Å². The van der Waals surface area contributed by atoms with Crippen molar-refractivity contribution in [3.05, 3.63) is 23.8 Å². The second-order valence-electron chi connectivity index (χ2n) is 5.56. The van der Waals surface area contributed by atoms with Gasteiger partial charge in [-0.1, -0.05) is 6.07 Å². The standard InChI is InChI=1S/C15H20N2O2/c1-19-13-4-2-3-12(16)14(13)15(18)17(11-7-8-11)9-10-5-6-10/h2-4,10-11H,5-9,16H2,1H3. The maximum atomic E-state index is 12.8. The number of nitrogen functional groups attached to an aromatic ring is 1. The molecule has 0 aliphatic heterocycles. The van der Waals surface area contributed by atoms with Crippen molar-refractivity contribution < 1.29 is 9.53 Å². The molecule has 0 bridgehead atoms. The molecule has 1 aromatic carbocycles. The first-order valence-corrected chi connectivity index (χ1v) is 6.94. The van der Waals surface area contributed by atoms with E-state index >= 15 is 0 Å². The van der Waals surface area contributed by atoms with E-state index in [1.165, 1.54) is 12.8 Å². The zero-order valence-corrected chi connectivity index (χ0v) is 11.3. The molecule has 0 saturated heterocycles. The van der Waals surface area contributed by atoms with Gasteiger partial charge >= 0.3 is 0 Å². The van der Waals surface area contributed by atoms with E-state index in [1.54, 1.807) is 19.2 Å². The molecule has 102 valence electrons. The highest BCUT2D eigenvalue weighted by Gasteiger charge is 2.38. The highest BCUT2D eigenvalue weighted by Crippen LogP contribution is 2.37. The SMILES string of the molecule is COc1cccc(N)c1C(=O)N(CC1CC1)C1CC1. The summed E-state index contributed by atoms with van der Waals surface area (Å²) in [6.07, 6.45) is 4.73. The Labute approximate surface area is 113 Å². The summed E-state index contributed by atoms with van der Waals surface area (Å²) in [4.78, 5) is 14.8. The van der Waals surface area contributed by atoms with Crippen molar-refractivity contribution in [2.24, 2.45) is 5.92 Å². The lowest BCUT2D eigenvalue weighted by Gasteiger charge is -2.24. The van der Waals surface area contributed by atoms with Crippen LogP contribution in [0, 0.1) is 5.92 Å². The van der Waals surface area contributed by atoms with E-state index in [2.05, 4.69) is 0 Å². The van der Waals surface area contributed by atoms with Crippen LogP contribution in [0.4, 0.5) is 5.69 Å². The van der Waals surface area contributed by atoms with Gasteiger partial charge in [-0.2, -0.15) is 0 Å². The molecule has 0 atom stereocenters.